The lowest BCUT2D eigenvalue weighted by Crippen LogP contribution is -2.51. The Bertz CT molecular complexity index is 521. The van der Waals surface area contributed by atoms with Crippen molar-refractivity contribution in [2.75, 3.05) is 19.6 Å². The molecule has 1 N–H and O–H groups in total. The minimum atomic E-state index is -0.579. The largest absolute Gasteiger partial charge is 0.336 e. The normalized spacial score (nSPS) is 19.3. The number of hydrogen-bond donors (Lipinski definition) is 1. The van der Waals surface area contributed by atoms with E-state index in [0.717, 1.165) is 0 Å². The molecule has 1 aliphatic heterocycles. The summed E-state index contributed by atoms with van der Waals surface area (Å²) in [4.78, 5) is 24.4. The van der Waals surface area contributed by atoms with Crippen molar-refractivity contribution in [1.82, 2.24) is 10.2 Å². The van der Waals surface area contributed by atoms with Crippen LogP contribution < -0.4 is 5.32 Å². The number of carbonyl (C=O) groups is 1. The van der Waals surface area contributed by atoms with Crippen LogP contribution in [0.5, 0.6) is 0 Å². The summed E-state index contributed by atoms with van der Waals surface area (Å²) in [6, 6.07) is 4.43. The van der Waals surface area contributed by atoms with E-state index in [2.05, 4.69) is 5.32 Å². The Morgan fingerprint density at radius 2 is 2.32 bits per heavy atom. The number of hydrogen-bond acceptors (Lipinski definition) is 4. The van der Waals surface area contributed by atoms with Crippen LogP contribution in [-0.4, -0.2) is 41.4 Å². The van der Waals surface area contributed by atoms with Crippen molar-refractivity contribution >= 4 is 23.2 Å². The van der Waals surface area contributed by atoms with Gasteiger partial charge in [0.05, 0.1) is 9.95 Å². The van der Waals surface area contributed by atoms with Crippen molar-refractivity contribution in [1.29, 1.82) is 0 Å². The fourth-order valence-electron chi connectivity index (χ4n) is 2.15. The van der Waals surface area contributed by atoms with Gasteiger partial charge in [0, 0.05) is 31.7 Å². The van der Waals surface area contributed by atoms with Gasteiger partial charge in [-0.3, -0.25) is 14.9 Å². The van der Waals surface area contributed by atoms with E-state index in [4.69, 9.17) is 11.6 Å². The Balaban J connectivity index is 2.35. The smallest absolute Gasteiger partial charge is 0.283 e. The van der Waals surface area contributed by atoms with Gasteiger partial charge in [-0.25, -0.2) is 0 Å². The number of piperazine rings is 1. The topological polar surface area (TPSA) is 75.5 Å². The van der Waals surface area contributed by atoms with Crippen LogP contribution in [-0.2, 0) is 0 Å². The number of benzene rings is 1. The number of nitro benzene ring substituents is 1. The summed E-state index contributed by atoms with van der Waals surface area (Å²) in [6.07, 6.45) is 0. The van der Waals surface area contributed by atoms with Gasteiger partial charge in [-0.2, -0.15) is 0 Å². The molecule has 6 nitrogen and oxygen atoms in total. The minimum absolute atomic E-state index is 0.0248. The monoisotopic (exact) mass is 283 g/mol. The number of halogens is 1. The second-order valence-corrected chi connectivity index (χ2v) is 4.90. The number of rotatable bonds is 2. The van der Waals surface area contributed by atoms with Gasteiger partial charge >= 0.3 is 0 Å². The molecule has 19 heavy (non-hydrogen) atoms. The van der Waals surface area contributed by atoms with Crippen molar-refractivity contribution in [2.45, 2.75) is 13.0 Å². The summed E-state index contributed by atoms with van der Waals surface area (Å²) in [5.41, 5.74) is -0.271. The van der Waals surface area contributed by atoms with Crippen molar-refractivity contribution in [3.8, 4) is 0 Å². The fraction of sp³-hybridized carbons (Fsp3) is 0.417. The molecular weight excluding hydrogens is 270 g/mol. The van der Waals surface area contributed by atoms with E-state index in [0.29, 0.717) is 19.6 Å². The molecule has 7 heteroatoms. The molecular formula is C12H14ClN3O3. The molecule has 0 aromatic heterocycles. The molecule has 0 spiro atoms. The van der Waals surface area contributed by atoms with Gasteiger partial charge in [0.1, 0.15) is 5.56 Å². The quantitative estimate of drug-likeness (QED) is 0.662. The SMILES string of the molecule is CC1CN(C(=O)c2c(Cl)cccc2[N+](=O)[O-])CCN1. The third kappa shape index (κ3) is 2.85. The van der Waals surface area contributed by atoms with Crippen molar-refractivity contribution in [3.63, 3.8) is 0 Å². The van der Waals surface area contributed by atoms with E-state index in [1.807, 2.05) is 6.92 Å². The van der Waals surface area contributed by atoms with Gasteiger partial charge in [0.15, 0.2) is 0 Å². The average Bonchev–Trinajstić information content (AvgIpc) is 2.37. The maximum atomic E-state index is 12.4. The molecule has 1 saturated heterocycles. The highest BCUT2D eigenvalue weighted by atomic mass is 35.5. The first-order valence-corrected chi connectivity index (χ1v) is 6.34. The van der Waals surface area contributed by atoms with Crippen molar-refractivity contribution in [3.05, 3.63) is 38.9 Å². The standard InChI is InChI=1S/C12H14ClN3O3/c1-8-7-15(6-5-14-8)12(17)11-9(13)3-2-4-10(11)16(18)19/h2-4,8,14H,5-7H2,1H3. The lowest BCUT2D eigenvalue weighted by atomic mass is 10.1. The molecule has 0 saturated carbocycles. The van der Waals surface area contributed by atoms with Crippen LogP contribution in [0.1, 0.15) is 17.3 Å². The van der Waals surface area contributed by atoms with Crippen LogP contribution in [0, 0.1) is 10.1 Å². The van der Waals surface area contributed by atoms with E-state index < -0.39 is 4.92 Å². The van der Waals surface area contributed by atoms with Gasteiger partial charge in [-0.1, -0.05) is 17.7 Å². The fourth-order valence-corrected chi connectivity index (χ4v) is 2.40. The lowest BCUT2D eigenvalue weighted by molar-refractivity contribution is -0.385. The second-order valence-electron chi connectivity index (χ2n) is 4.50. The Morgan fingerprint density at radius 1 is 1.58 bits per heavy atom. The first-order chi connectivity index (χ1) is 9.00. The first-order valence-electron chi connectivity index (χ1n) is 5.96. The van der Waals surface area contributed by atoms with Crippen LogP contribution in [0.15, 0.2) is 18.2 Å². The summed E-state index contributed by atoms with van der Waals surface area (Å²) in [7, 11) is 0. The Labute approximate surface area is 115 Å². The lowest BCUT2D eigenvalue weighted by Gasteiger charge is -2.32. The number of nitro groups is 1. The van der Waals surface area contributed by atoms with Gasteiger partial charge in [-0.15, -0.1) is 0 Å². The zero-order chi connectivity index (χ0) is 14.0. The van der Waals surface area contributed by atoms with Crippen molar-refractivity contribution < 1.29 is 9.72 Å². The maximum Gasteiger partial charge on any atom is 0.283 e. The van der Waals surface area contributed by atoms with E-state index in [-0.39, 0.29) is 28.2 Å². The van der Waals surface area contributed by atoms with E-state index in [9.17, 15) is 14.9 Å². The Morgan fingerprint density at radius 3 is 2.95 bits per heavy atom. The van der Waals surface area contributed by atoms with Crippen LogP contribution >= 0.6 is 11.6 Å². The zero-order valence-electron chi connectivity index (χ0n) is 10.4. The Kier molecular flexibility index (Phi) is 4.01. The summed E-state index contributed by atoms with van der Waals surface area (Å²) >= 11 is 5.96. The van der Waals surface area contributed by atoms with Gasteiger partial charge < -0.3 is 10.2 Å². The van der Waals surface area contributed by atoms with E-state index in [1.54, 1.807) is 4.90 Å². The highest BCUT2D eigenvalue weighted by Crippen LogP contribution is 2.27. The third-order valence-corrected chi connectivity index (χ3v) is 3.37. The number of nitrogens with zero attached hydrogens (tertiary/aromatic N) is 2. The molecule has 1 amide bonds. The summed E-state index contributed by atoms with van der Waals surface area (Å²) < 4.78 is 0. The highest BCUT2D eigenvalue weighted by Gasteiger charge is 2.29. The first kappa shape index (κ1) is 13.8. The molecule has 1 aromatic carbocycles. The van der Waals surface area contributed by atoms with Crippen LogP contribution in [0.4, 0.5) is 5.69 Å². The molecule has 0 radical (unpaired) electrons. The average molecular weight is 284 g/mol. The van der Waals surface area contributed by atoms with Crippen LogP contribution in [0.25, 0.3) is 0 Å². The Hall–Kier alpha value is -1.66. The van der Waals surface area contributed by atoms with Gasteiger partial charge in [0.25, 0.3) is 11.6 Å². The molecule has 1 fully saturated rings. The molecule has 102 valence electrons. The predicted molar refractivity (Wildman–Crippen MR) is 71.5 cm³/mol. The molecule has 0 aliphatic carbocycles. The minimum Gasteiger partial charge on any atom is -0.336 e. The van der Waals surface area contributed by atoms with Crippen LogP contribution in [0.2, 0.25) is 5.02 Å². The highest BCUT2D eigenvalue weighted by molar-refractivity contribution is 6.34. The molecule has 2 rings (SSSR count). The zero-order valence-corrected chi connectivity index (χ0v) is 11.2. The summed E-state index contributed by atoms with van der Waals surface area (Å²) in [5, 5.41) is 14.3. The summed E-state index contributed by atoms with van der Waals surface area (Å²) in [5.74, 6) is -0.384. The maximum absolute atomic E-state index is 12.4. The number of amides is 1. The molecule has 1 heterocycles. The van der Waals surface area contributed by atoms with Gasteiger partial charge in [-0.05, 0) is 13.0 Å². The molecule has 0 bridgehead atoms. The molecule has 1 aliphatic rings. The van der Waals surface area contributed by atoms with Crippen molar-refractivity contribution in [2.24, 2.45) is 0 Å². The van der Waals surface area contributed by atoms with Gasteiger partial charge in [0.2, 0.25) is 0 Å². The van der Waals surface area contributed by atoms with E-state index >= 15 is 0 Å². The third-order valence-electron chi connectivity index (χ3n) is 3.06. The van der Waals surface area contributed by atoms with Crippen LogP contribution in [0.3, 0.4) is 0 Å². The number of carbonyl (C=O) groups excluding carboxylic acids is 1. The van der Waals surface area contributed by atoms with E-state index in [1.165, 1.54) is 18.2 Å². The predicted octanol–water partition coefficient (Wildman–Crippen LogP) is 1.68. The number of nitrogens with one attached hydrogen (secondary N) is 1. The molecule has 1 unspecified atom stereocenters. The second kappa shape index (κ2) is 5.54. The molecule has 1 atom stereocenters. The molecule has 1 aromatic rings. The summed E-state index contributed by atoms with van der Waals surface area (Å²) in [6.45, 7) is 3.67.